The Hall–Kier alpha value is 0.0400. The Labute approximate surface area is 151 Å². The van der Waals surface area contributed by atoms with E-state index in [9.17, 15) is 8.42 Å². The van der Waals surface area contributed by atoms with Crippen LogP contribution in [0.25, 0.3) is 0 Å². The minimum absolute atomic E-state index is 0. The van der Waals surface area contributed by atoms with Crippen LogP contribution in [-0.2, 0) is 19.7 Å². The number of piperidine rings is 1. The van der Waals surface area contributed by atoms with E-state index in [2.05, 4.69) is 4.72 Å². The van der Waals surface area contributed by atoms with Crippen molar-refractivity contribution in [3.05, 3.63) is 0 Å². The van der Waals surface area contributed by atoms with Crippen LogP contribution in [-0.4, -0.2) is 57.4 Å². The van der Waals surface area contributed by atoms with Crippen LogP contribution in [0.2, 0.25) is 0 Å². The summed E-state index contributed by atoms with van der Waals surface area (Å²) >= 11 is 0. The molecular weight excluding hydrogens is 354 g/mol. The molecule has 0 bridgehead atoms. The zero-order valence-corrected chi connectivity index (χ0v) is 15.7. The number of nitrogens with two attached hydrogens (primary N) is 1. The van der Waals surface area contributed by atoms with Gasteiger partial charge in [-0.1, -0.05) is 19.3 Å². The minimum Gasteiger partial charge on any atom is -0.347 e. The molecule has 1 spiro atoms. The van der Waals surface area contributed by atoms with Crippen LogP contribution in [0.5, 0.6) is 0 Å². The maximum Gasteiger partial charge on any atom is 0.279 e. The van der Waals surface area contributed by atoms with Gasteiger partial charge in [-0.25, -0.2) is 0 Å². The Kier molecular flexibility index (Phi) is 7.31. The average Bonchev–Trinajstić information content (AvgIpc) is 3.02. The molecule has 1 saturated carbocycles. The number of hydrogen-bond acceptors (Lipinski definition) is 5. The molecule has 7 nitrogen and oxygen atoms in total. The second-order valence-electron chi connectivity index (χ2n) is 6.87. The molecule has 142 valence electrons. The van der Waals surface area contributed by atoms with Gasteiger partial charge >= 0.3 is 0 Å². The van der Waals surface area contributed by atoms with Gasteiger partial charge in [0.05, 0.1) is 13.2 Å². The average molecular weight is 384 g/mol. The summed E-state index contributed by atoms with van der Waals surface area (Å²) in [4.78, 5) is 0. The van der Waals surface area contributed by atoms with Crippen molar-refractivity contribution in [2.45, 2.75) is 56.8 Å². The van der Waals surface area contributed by atoms with Gasteiger partial charge in [-0.2, -0.15) is 17.4 Å². The Balaban J connectivity index is 0.00000208. The molecule has 1 unspecified atom stereocenters. The zero-order valence-electron chi connectivity index (χ0n) is 14.1. The lowest BCUT2D eigenvalue weighted by Gasteiger charge is -2.38. The standard InChI is InChI=1S/C15H29N3O4S.ClH/c16-12-14(13-4-2-1-3-5-13)17-23(19,20)18-8-6-15(7-9-18)21-10-11-22-15;/h13-14,17H,1-12,16H2;1H. The molecule has 0 amide bonds. The van der Waals surface area contributed by atoms with Gasteiger partial charge in [0.25, 0.3) is 10.2 Å². The first kappa shape index (κ1) is 20.4. The summed E-state index contributed by atoms with van der Waals surface area (Å²) in [6.07, 6.45) is 6.89. The molecule has 0 aromatic heterocycles. The smallest absolute Gasteiger partial charge is 0.279 e. The van der Waals surface area contributed by atoms with Crippen LogP contribution >= 0.6 is 12.4 Å². The summed E-state index contributed by atoms with van der Waals surface area (Å²) in [7, 11) is -3.50. The van der Waals surface area contributed by atoms with Crippen molar-refractivity contribution in [1.29, 1.82) is 0 Å². The molecule has 9 heteroatoms. The molecule has 2 heterocycles. The number of ether oxygens (including phenoxy) is 2. The Morgan fingerprint density at radius 3 is 2.25 bits per heavy atom. The van der Waals surface area contributed by atoms with E-state index in [1.807, 2.05) is 0 Å². The second kappa shape index (κ2) is 8.62. The number of rotatable bonds is 5. The highest BCUT2D eigenvalue weighted by molar-refractivity contribution is 7.87. The van der Waals surface area contributed by atoms with Crippen molar-refractivity contribution in [3.8, 4) is 0 Å². The molecule has 1 aliphatic carbocycles. The first-order valence-corrected chi connectivity index (χ1v) is 10.2. The van der Waals surface area contributed by atoms with E-state index in [1.54, 1.807) is 0 Å². The summed E-state index contributed by atoms with van der Waals surface area (Å²) in [5.74, 6) is -0.191. The molecule has 2 aliphatic heterocycles. The van der Waals surface area contributed by atoms with E-state index in [4.69, 9.17) is 15.2 Å². The van der Waals surface area contributed by atoms with Crippen molar-refractivity contribution < 1.29 is 17.9 Å². The van der Waals surface area contributed by atoms with E-state index >= 15 is 0 Å². The van der Waals surface area contributed by atoms with E-state index in [0.717, 1.165) is 12.8 Å². The predicted octanol–water partition coefficient (Wildman–Crippen LogP) is 0.989. The van der Waals surface area contributed by atoms with Gasteiger partial charge in [-0.15, -0.1) is 12.4 Å². The number of nitrogens with one attached hydrogen (secondary N) is 1. The topological polar surface area (TPSA) is 93.9 Å². The van der Waals surface area contributed by atoms with Gasteiger partial charge in [0.15, 0.2) is 5.79 Å². The maximum atomic E-state index is 12.7. The molecule has 3 fully saturated rings. The van der Waals surface area contributed by atoms with Crippen molar-refractivity contribution in [1.82, 2.24) is 9.03 Å². The third kappa shape index (κ3) is 4.60. The van der Waals surface area contributed by atoms with Crippen molar-refractivity contribution >= 4 is 22.6 Å². The van der Waals surface area contributed by atoms with Gasteiger partial charge in [0, 0.05) is 38.5 Å². The third-order valence-electron chi connectivity index (χ3n) is 5.41. The van der Waals surface area contributed by atoms with E-state index in [0.29, 0.717) is 51.6 Å². The number of halogens is 1. The van der Waals surface area contributed by atoms with Crippen LogP contribution in [0.15, 0.2) is 0 Å². The SMILES string of the molecule is Cl.NCC(NS(=O)(=O)N1CCC2(CC1)OCCO2)C1CCCCC1. The van der Waals surface area contributed by atoms with Gasteiger partial charge in [-0.3, -0.25) is 0 Å². The fourth-order valence-electron chi connectivity index (χ4n) is 3.99. The Morgan fingerprint density at radius 1 is 1.12 bits per heavy atom. The van der Waals surface area contributed by atoms with Crippen LogP contribution in [0, 0.1) is 5.92 Å². The van der Waals surface area contributed by atoms with Gasteiger partial charge < -0.3 is 15.2 Å². The lowest BCUT2D eigenvalue weighted by Crippen LogP contribution is -2.55. The molecule has 2 saturated heterocycles. The second-order valence-corrected chi connectivity index (χ2v) is 8.57. The number of nitrogens with zero attached hydrogens (tertiary/aromatic N) is 1. The van der Waals surface area contributed by atoms with Crippen LogP contribution in [0.3, 0.4) is 0 Å². The molecule has 0 radical (unpaired) electrons. The van der Waals surface area contributed by atoms with Crippen molar-refractivity contribution in [3.63, 3.8) is 0 Å². The molecule has 1 atom stereocenters. The summed E-state index contributed by atoms with van der Waals surface area (Å²) in [6, 6.07) is -0.157. The van der Waals surface area contributed by atoms with E-state index in [1.165, 1.54) is 23.6 Å². The Morgan fingerprint density at radius 2 is 1.71 bits per heavy atom. The van der Waals surface area contributed by atoms with Crippen molar-refractivity contribution in [2.75, 3.05) is 32.8 Å². The highest BCUT2D eigenvalue weighted by Gasteiger charge is 2.43. The number of hydrogen-bond donors (Lipinski definition) is 2. The Bertz CT molecular complexity index is 483. The molecule has 0 aromatic rings. The van der Waals surface area contributed by atoms with Gasteiger partial charge in [0.2, 0.25) is 0 Å². The normalized spacial score (nSPS) is 27.0. The largest absolute Gasteiger partial charge is 0.347 e. The molecule has 24 heavy (non-hydrogen) atoms. The molecule has 3 rings (SSSR count). The molecule has 3 aliphatic rings. The first-order valence-electron chi connectivity index (χ1n) is 8.80. The molecular formula is C15H30ClN3O4S. The summed E-state index contributed by atoms with van der Waals surface area (Å²) in [6.45, 7) is 2.41. The van der Waals surface area contributed by atoms with Crippen LogP contribution < -0.4 is 10.5 Å². The van der Waals surface area contributed by atoms with Crippen molar-refractivity contribution in [2.24, 2.45) is 11.7 Å². The van der Waals surface area contributed by atoms with E-state index < -0.39 is 16.0 Å². The lowest BCUT2D eigenvalue weighted by atomic mass is 9.84. The predicted molar refractivity (Wildman–Crippen MR) is 94.2 cm³/mol. The summed E-state index contributed by atoms with van der Waals surface area (Å²) < 4.78 is 41.0. The fourth-order valence-corrected chi connectivity index (χ4v) is 5.48. The lowest BCUT2D eigenvalue weighted by molar-refractivity contribution is -0.179. The minimum atomic E-state index is -3.50. The molecule has 3 N–H and O–H groups in total. The summed E-state index contributed by atoms with van der Waals surface area (Å²) in [5, 5.41) is 0. The maximum absolute atomic E-state index is 12.7. The molecule has 0 aromatic carbocycles. The third-order valence-corrected chi connectivity index (χ3v) is 7.06. The monoisotopic (exact) mass is 383 g/mol. The van der Waals surface area contributed by atoms with Gasteiger partial charge in [0.1, 0.15) is 0 Å². The first-order chi connectivity index (χ1) is 11.0. The van der Waals surface area contributed by atoms with Gasteiger partial charge in [-0.05, 0) is 18.8 Å². The zero-order chi connectivity index (χ0) is 16.3. The highest BCUT2D eigenvalue weighted by Crippen LogP contribution is 2.32. The fraction of sp³-hybridized carbons (Fsp3) is 1.00. The highest BCUT2D eigenvalue weighted by atomic mass is 35.5. The summed E-state index contributed by atoms with van der Waals surface area (Å²) in [5.41, 5.74) is 5.85. The van der Waals surface area contributed by atoms with Crippen LogP contribution in [0.1, 0.15) is 44.9 Å². The van der Waals surface area contributed by atoms with Crippen LogP contribution in [0.4, 0.5) is 0 Å². The quantitative estimate of drug-likeness (QED) is 0.738. The van der Waals surface area contributed by atoms with E-state index in [-0.39, 0.29) is 18.4 Å².